The van der Waals surface area contributed by atoms with Crippen molar-refractivity contribution in [1.29, 1.82) is 0 Å². The Bertz CT molecular complexity index is 1080. The van der Waals surface area contributed by atoms with Gasteiger partial charge in [0.25, 0.3) is 0 Å². The van der Waals surface area contributed by atoms with Crippen LogP contribution in [-0.4, -0.2) is 36.4 Å². The van der Waals surface area contributed by atoms with E-state index in [1.165, 1.54) is 0 Å². The predicted octanol–water partition coefficient (Wildman–Crippen LogP) is 1.14. The number of guanidine groups is 1. The van der Waals surface area contributed by atoms with Crippen LogP contribution in [0, 0.1) is 0 Å². The number of benzene rings is 2. The van der Waals surface area contributed by atoms with E-state index in [4.69, 9.17) is 46.1 Å². The third-order valence-electron chi connectivity index (χ3n) is 5.06. The van der Waals surface area contributed by atoms with Crippen LogP contribution in [0.15, 0.2) is 41.4 Å². The second-order valence-electron chi connectivity index (χ2n) is 7.97. The smallest absolute Gasteiger partial charge is 0.312 e. The first-order valence-electron chi connectivity index (χ1n) is 11.0. The summed E-state index contributed by atoms with van der Waals surface area (Å²) in [6.07, 6.45) is 0.741. The Morgan fingerprint density at radius 1 is 0.889 bits per heavy atom. The maximum atomic E-state index is 12.9. The number of urea groups is 1. The maximum absolute atomic E-state index is 12.9. The molecule has 0 saturated carbocycles. The van der Waals surface area contributed by atoms with Crippen LogP contribution >= 0.6 is 23.2 Å². The Labute approximate surface area is 218 Å². The van der Waals surface area contributed by atoms with Crippen LogP contribution in [0.5, 0.6) is 0 Å². The van der Waals surface area contributed by atoms with Crippen molar-refractivity contribution in [3.8, 4) is 0 Å². The molecule has 194 valence electrons. The molecule has 0 saturated heterocycles. The van der Waals surface area contributed by atoms with E-state index in [9.17, 15) is 14.4 Å². The summed E-state index contributed by atoms with van der Waals surface area (Å²) >= 11 is 12.1. The van der Waals surface area contributed by atoms with Crippen molar-refractivity contribution in [1.82, 2.24) is 16.0 Å². The van der Waals surface area contributed by atoms with Gasteiger partial charge in [-0.1, -0.05) is 47.5 Å². The van der Waals surface area contributed by atoms with Crippen LogP contribution in [0.3, 0.4) is 0 Å². The van der Waals surface area contributed by atoms with Gasteiger partial charge in [0.1, 0.15) is 6.04 Å². The largest absolute Gasteiger partial charge is 0.396 e. The number of halogens is 2. The molecule has 1 atom stereocenters. The Hall–Kier alpha value is -3.70. The lowest BCUT2D eigenvalue weighted by atomic mass is 10.1. The van der Waals surface area contributed by atoms with Crippen molar-refractivity contribution in [2.24, 2.45) is 22.2 Å². The molecule has 11 N–H and O–H groups in total. The molecule has 2 rings (SSSR count). The molecule has 0 aliphatic carbocycles. The van der Waals surface area contributed by atoms with Crippen molar-refractivity contribution in [3.63, 3.8) is 0 Å². The average Bonchev–Trinajstić information content (AvgIpc) is 2.82. The molecule has 0 unspecified atom stereocenters. The van der Waals surface area contributed by atoms with E-state index in [2.05, 4.69) is 20.9 Å². The molecular weight excluding hydrogens is 507 g/mol. The van der Waals surface area contributed by atoms with Crippen LogP contribution in [0.2, 0.25) is 10.0 Å². The zero-order valence-electron chi connectivity index (χ0n) is 19.5. The summed E-state index contributed by atoms with van der Waals surface area (Å²) in [6, 6.07) is 8.95. The fourth-order valence-corrected chi connectivity index (χ4v) is 3.75. The second-order valence-corrected chi connectivity index (χ2v) is 8.79. The van der Waals surface area contributed by atoms with Crippen LogP contribution < -0.4 is 38.9 Å². The van der Waals surface area contributed by atoms with Gasteiger partial charge >= 0.3 is 6.03 Å². The van der Waals surface area contributed by atoms with Gasteiger partial charge < -0.3 is 38.9 Å². The van der Waals surface area contributed by atoms with Crippen LogP contribution in [0.1, 0.15) is 29.5 Å². The lowest BCUT2D eigenvalue weighted by Gasteiger charge is -2.19. The summed E-state index contributed by atoms with van der Waals surface area (Å²) in [4.78, 5) is 40.3. The van der Waals surface area contributed by atoms with Crippen molar-refractivity contribution in [2.75, 3.05) is 12.3 Å². The molecule has 13 heteroatoms. The van der Waals surface area contributed by atoms with Crippen LogP contribution in [0.25, 0.3) is 0 Å². The van der Waals surface area contributed by atoms with E-state index < -0.39 is 12.1 Å². The number of aliphatic imine (C=N–C) groups is 1. The molecular formula is C23H30Cl2N8O3. The number of nitrogen functional groups attached to an aromatic ring is 1. The van der Waals surface area contributed by atoms with Gasteiger partial charge in [0, 0.05) is 19.6 Å². The van der Waals surface area contributed by atoms with Gasteiger partial charge in [-0.25, -0.2) is 4.79 Å². The van der Waals surface area contributed by atoms with Gasteiger partial charge in [-0.3, -0.25) is 14.6 Å². The number of primary amides is 1. The minimum atomic E-state index is -0.814. The fourth-order valence-electron chi connectivity index (χ4n) is 3.22. The summed E-state index contributed by atoms with van der Waals surface area (Å²) < 4.78 is 0. The van der Waals surface area contributed by atoms with Crippen molar-refractivity contribution in [2.45, 2.75) is 38.4 Å². The highest BCUT2D eigenvalue weighted by Crippen LogP contribution is 2.29. The van der Waals surface area contributed by atoms with Gasteiger partial charge in [0.15, 0.2) is 5.96 Å². The van der Waals surface area contributed by atoms with Crippen LogP contribution in [-0.2, 0) is 29.1 Å². The number of carbonyl (C=O) groups is 3. The number of carbonyl (C=O) groups excluding carboxylic acids is 3. The van der Waals surface area contributed by atoms with E-state index in [1.807, 2.05) is 24.3 Å². The summed E-state index contributed by atoms with van der Waals surface area (Å²) in [5.41, 5.74) is 24.0. The molecule has 0 heterocycles. The number of amides is 4. The third kappa shape index (κ3) is 9.88. The number of anilines is 1. The SMILES string of the molecule is NC(=O)NCc1ccc(CNC(=O)[C@@H](CCCN=C(N)N)NC(=O)Cc2cc(Cl)c(N)c(Cl)c2)cc1. The van der Waals surface area contributed by atoms with E-state index in [0.29, 0.717) is 31.5 Å². The van der Waals surface area contributed by atoms with Crippen molar-refractivity contribution >= 4 is 52.7 Å². The fraction of sp³-hybridized carbons (Fsp3) is 0.304. The average molecular weight is 537 g/mol. The number of hydrogen-bond donors (Lipinski definition) is 7. The van der Waals surface area contributed by atoms with Gasteiger partial charge in [-0.05, 0) is 41.7 Å². The molecule has 2 aromatic carbocycles. The molecule has 0 spiro atoms. The molecule has 2 aromatic rings. The number of rotatable bonds is 12. The minimum Gasteiger partial charge on any atom is -0.396 e. The lowest BCUT2D eigenvalue weighted by Crippen LogP contribution is -2.47. The number of nitrogens with zero attached hydrogens (tertiary/aromatic N) is 1. The predicted molar refractivity (Wildman–Crippen MR) is 141 cm³/mol. The van der Waals surface area contributed by atoms with Crippen molar-refractivity contribution in [3.05, 3.63) is 63.1 Å². The van der Waals surface area contributed by atoms with E-state index in [0.717, 1.165) is 11.1 Å². The standard InChI is InChI=1S/C23H30Cl2N8O3/c24-16-8-15(9-17(25)20(16)26)10-19(34)33-18(2-1-7-30-22(27)28)21(35)31-11-13-3-5-14(6-4-13)12-32-23(29)36/h3-6,8-9,18H,1-2,7,10-12,26H2,(H,31,35)(H,33,34)(H4,27,28,30)(H3,29,32,36)/t18-/m1/s1. The van der Waals surface area contributed by atoms with Gasteiger partial charge in [0.05, 0.1) is 22.2 Å². The molecule has 0 aromatic heterocycles. The number of hydrogen-bond acceptors (Lipinski definition) is 5. The molecule has 0 aliphatic rings. The highest BCUT2D eigenvalue weighted by molar-refractivity contribution is 6.38. The molecule has 0 bridgehead atoms. The van der Waals surface area contributed by atoms with Gasteiger partial charge in [-0.2, -0.15) is 0 Å². The molecule has 0 aliphatic heterocycles. The quantitative estimate of drug-likeness (QED) is 0.0915. The maximum Gasteiger partial charge on any atom is 0.312 e. The van der Waals surface area contributed by atoms with Crippen molar-refractivity contribution < 1.29 is 14.4 Å². The third-order valence-corrected chi connectivity index (χ3v) is 5.68. The Kier molecular flexibility index (Phi) is 11.1. The van der Waals surface area contributed by atoms with Crippen LogP contribution in [0.4, 0.5) is 10.5 Å². The van der Waals surface area contributed by atoms with E-state index >= 15 is 0 Å². The lowest BCUT2D eigenvalue weighted by molar-refractivity contribution is -0.129. The van der Waals surface area contributed by atoms with Gasteiger partial charge in [0.2, 0.25) is 11.8 Å². The zero-order chi connectivity index (χ0) is 26.7. The Morgan fingerprint density at radius 3 is 1.97 bits per heavy atom. The Balaban J connectivity index is 2.00. The normalized spacial score (nSPS) is 11.3. The number of nitrogens with two attached hydrogens (primary N) is 4. The number of nitrogens with one attached hydrogen (secondary N) is 3. The minimum absolute atomic E-state index is 0.0435. The Morgan fingerprint density at radius 2 is 1.44 bits per heavy atom. The molecule has 36 heavy (non-hydrogen) atoms. The highest BCUT2D eigenvalue weighted by Gasteiger charge is 2.21. The zero-order valence-corrected chi connectivity index (χ0v) is 21.0. The molecule has 0 fully saturated rings. The summed E-state index contributed by atoms with van der Waals surface area (Å²) in [5, 5.41) is 8.57. The van der Waals surface area contributed by atoms with E-state index in [1.54, 1.807) is 12.1 Å². The monoisotopic (exact) mass is 536 g/mol. The van der Waals surface area contributed by atoms with E-state index in [-0.39, 0.29) is 46.5 Å². The summed E-state index contributed by atoms with van der Waals surface area (Å²) in [5.74, 6) is -0.798. The highest BCUT2D eigenvalue weighted by atomic mass is 35.5. The molecule has 4 amide bonds. The first-order chi connectivity index (χ1) is 17.0. The topological polar surface area (TPSA) is 204 Å². The molecule has 11 nitrogen and oxygen atoms in total. The first-order valence-corrected chi connectivity index (χ1v) is 11.8. The van der Waals surface area contributed by atoms with Gasteiger partial charge in [-0.15, -0.1) is 0 Å². The summed E-state index contributed by atoms with van der Waals surface area (Å²) in [7, 11) is 0. The molecule has 0 radical (unpaired) electrons. The first kappa shape index (κ1) is 28.5. The summed E-state index contributed by atoms with van der Waals surface area (Å²) in [6.45, 7) is 0.855. The second kappa shape index (κ2) is 14.0.